The minimum absolute atomic E-state index is 0.390. The van der Waals surface area contributed by atoms with Crippen molar-refractivity contribution in [2.45, 2.75) is 45.1 Å². The molecule has 3 heteroatoms. The van der Waals surface area contributed by atoms with E-state index in [1.54, 1.807) is 0 Å². The van der Waals surface area contributed by atoms with E-state index in [-0.39, 0.29) is 0 Å². The Balaban J connectivity index is 1.97. The molecule has 1 saturated carbocycles. The molecule has 1 saturated heterocycles. The second kappa shape index (κ2) is 3.54. The number of nitrogens with zero attached hydrogens (tertiary/aromatic N) is 1. The van der Waals surface area contributed by atoms with Crippen molar-refractivity contribution in [3.05, 3.63) is 0 Å². The van der Waals surface area contributed by atoms with Crippen LogP contribution in [0.3, 0.4) is 0 Å². The third kappa shape index (κ3) is 1.54. The maximum Gasteiger partial charge on any atom is 0.310 e. The molecule has 0 spiro atoms. The van der Waals surface area contributed by atoms with Crippen molar-refractivity contribution < 1.29 is 9.90 Å². The predicted molar refractivity (Wildman–Crippen MR) is 54.2 cm³/mol. The van der Waals surface area contributed by atoms with Crippen molar-refractivity contribution >= 4 is 5.97 Å². The van der Waals surface area contributed by atoms with Crippen LogP contribution in [0.25, 0.3) is 0 Å². The number of carboxylic acid groups (broad SMARTS) is 1. The first kappa shape index (κ1) is 9.97. The molecule has 1 heterocycles. The van der Waals surface area contributed by atoms with E-state index < -0.39 is 11.4 Å². The third-order valence-corrected chi connectivity index (χ3v) is 3.96. The number of carboxylic acids is 1. The molecule has 0 aromatic rings. The SMILES string of the molecule is CC1CCCN1CC1(C(=O)O)CCC1. The highest BCUT2D eigenvalue weighted by atomic mass is 16.4. The van der Waals surface area contributed by atoms with Gasteiger partial charge in [0.1, 0.15) is 0 Å². The van der Waals surface area contributed by atoms with Gasteiger partial charge in [-0.25, -0.2) is 0 Å². The summed E-state index contributed by atoms with van der Waals surface area (Å²) in [7, 11) is 0. The average molecular weight is 197 g/mol. The summed E-state index contributed by atoms with van der Waals surface area (Å²) in [6.07, 6.45) is 5.32. The van der Waals surface area contributed by atoms with Crippen LogP contribution < -0.4 is 0 Å². The average Bonchev–Trinajstić information content (AvgIpc) is 2.43. The zero-order chi connectivity index (χ0) is 10.2. The summed E-state index contributed by atoms with van der Waals surface area (Å²) in [4.78, 5) is 13.5. The molecule has 3 nitrogen and oxygen atoms in total. The second-order valence-electron chi connectivity index (χ2n) is 4.90. The van der Waals surface area contributed by atoms with Gasteiger partial charge in [0.2, 0.25) is 0 Å². The van der Waals surface area contributed by atoms with Gasteiger partial charge in [0.15, 0.2) is 0 Å². The Morgan fingerprint density at radius 3 is 2.57 bits per heavy atom. The fourth-order valence-corrected chi connectivity index (χ4v) is 2.66. The van der Waals surface area contributed by atoms with E-state index in [9.17, 15) is 9.90 Å². The Morgan fingerprint density at radius 1 is 1.50 bits per heavy atom. The maximum absolute atomic E-state index is 11.2. The summed E-state index contributed by atoms with van der Waals surface area (Å²) < 4.78 is 0. The molecule has 2 aliphatic rings. The van der Waals surface area contributed by atoms with Crippen molar-refractivity contribution in [2.75, 3.05) is 13.1 Å². The van der Waals surface area contributed by atoms with Crippen molar-refractivity contribution in [2.24, 2.45) is 5.41 Å². The predicted octanol–water partition coefficient (Wildman–Crippen LogP) is 1.73. The lowest BCUT2D eigenvalue weighted by atomic mass is 9.68. The van der Waals surface area contributed by atoms with E-state index in [1.165, 1.54) is 12.8 Å². The van der Waals surface area contributed by atoms with Crippen LogP contribution in [-0.4, -0.2) is 35.1 Å². The first-order chi connectivity index (χ1) is 6.64. The highest BCUT2D eigenvalue weighted by Crippen LogP contribution is 2.42. The molecule has 0 amide bonds. The molecule has 1 atom stereocenters. The highest BCUT2D eigenvalue weighted by Gasteiger charge is 2.46. The van der Waals surface area contributed by atoms with Crippen molar-refractivity contribution in [1.29, 1.82) is 0 Å². The summed E-state index contributed by atoms with van der Waals surface area (Å²) in [5.41, 5.74) is -0.390. The number of aliphatic carboxylic acids is 1. The molecule has 0 radical (unpaired) electrons. The van der Waals surface area contributed by atoms with Gasteiger partial charge in [-0.1, -0.05) is 6.42 Å². The van der Waals surface area contributed by atoms with Gasteiger partial charge in [-0.05, 0) is 39.2 Å². The lowest BCUT2D eigenvalue weighted by Crippen LogP contribution is -2.48. The molecule has 80 valence electrons. The van der Waals surface area contributed by atoms with Crippen LogP contribution in [0, 0.1) is 5.41 Å². The van der Waals surface area contributed by atoms with E-state index in [0.717, 1.165) is 32.4 Å². The molecule has 2 fully saturated rings. The maximum atomic E-state index is 11.2. The summed E-state index contributed by atoms with van der Waals surface area (Å²) in [5.74, 6) is -0.581. The van der Waals surface area contributed by atoms with E-state index >= 15 is 0 Å². The Labute approximate surface area is 85.1 Å². The van der Waals surface area contributed by atoms with Crippen LogP contribution in [-0.2, 0) is 4.79 Å². The second-order valence-corrected chi connectivity index (χ2v) is 4.90. The van der Waals surface area contributed by atoms with Crippen LogP contribution in [0.5, 0.6) is 0 Å². The van der Waals surface area contributed by atoms with Gasteiger partial charge in [0.25, 0.3) is 0 Å². The Hall–Kier alpha value is -0.570. The van der Waals surface area contributed by atoms with Crippen LogP contribution in [0.1, 0.15) is 39.0 Å². The molecule has 1 aliphatic heterocycles. The van der Waals surface area contributed by atoms with Crippen molar-refractivity contribution in [1.82, 2.24) is 4.90 Å². The smallest absolute Gasteiger partial charge is 0.310 e. The van der Waals surface area contributed by atoms with Gasteiger partial charge in [-0.2, -0.15) is 0 Å². The van der Waals surface area contributed by atoms with Crippen LogP contribution in [0.2, 0.25) is 0 Å². The third-order valence-electron chi connectivity index (χ3n) is 3.96. The van der Waals surface area contributed by atoms with E-state index in [1.807, 2.05) is 0 Å². The van der Waals surface area contributed by atoms with E-state index in [0.29, 0.717) is 6.04 Å². The Morgan fingerprint density at radius 2 is 2.21 bits per heavy atom. The molecule has 0 aromatic heterocycles. The van der Waals surface area contributed by atoms with Gasteiger partial charge >= 0.3 is 5.97 Å². The van der Waals surface area contributed by atoms with Gasteiger partial charge < -0.3 is 5.11 Å². The fraction of sp³-hybridized carbons (Fsp3) is 0.909. The lowest BCUT2D eigenvalue weighted by molar-refractivity contribution is -0.156. The minimum Gasteiger partial charge on any atom is -0.481 e. The first-order valence-corrected chi connectivity index (χ1v) is 5.61. The van der Waals surface area contributed by atoms with Crippen LogP contribution in [0.15, 0.2) is 0 Å². The zero-order valence-electron chi connectivity index (χ0n) is 8.83. The fourth-order valence-electron chi connectivity index (χ4n) is 2.66. The number of rotatable bonds is 3. The minimum atomic E-state index is -0.581. The molecular weight excluding hydrogens is 178 g/mol. The standard InChI is InChI=1S/C11H19NO2/c1-9-4-2-7-12(9)8-11(10(13)14)5-3-6-11/h9H,2-8H2,1H3,(H,13,14). The highest BCUT2D eigenvalue weighted by molar-refractivity contribution is 5.76. The molecule has 1 unspecified atom stereocenters. The molecule has 1 N–H and O–H groups in total. The molecule has 0 bridgehead atoms. The van der Waals surface area contributed by atoms with E-state index in [4.69, 9.17) is 0 Å². The summed E-state index contributed by atoms with van der Waals surface area (Å²) in [6, 6.07) is 0.590. The number of hydrogen-bond donors (Lipinski definition) is 1. The number of likely N-dealkylation sites (tertiary alicyclic amines) is 1. The molecule has 1 aliphatic carbocycles. The van der Waals surface area contributed by atoms with Crippen LogP contribution in [0.4, 0.5) is 0 Å². The molecular formula is C11H19NO2. The Bertz CT molecular complexity index is 235. The van der Waals surface area contributed by atoms with Gasteiger partial charge in [0.05, 0.1) is 5.41 Å². The van der Waals surface area contributed by atoms with Gasteiger partial charge in [-0.3, -0.25) is 9.69 Å². The number of hydrogen-bond acceptors (Lipinski definition) is 2. The Kier molecular flexibility index (Phi) is 2.52. The van der Waals surface area contributed by atoms with E-state index in [2.05, 4.69) is 11.8 Å². The monoisotopic (exact) mass is 197 g/mol. The molecule has 2 rings (SSSR count). The number of carbonyl (C=O) groups is 1. The molecule has 14 heavy (non-hydrogen) atoms. The van der Waals surface area contributed by atoms with Gasteiger partial charge in [-0.15, -0.1) is 0 Å². The van der Waals surface area contributed by atoms with Crippen LogP contribution >= 0.6 is 0 Å². The summed E-state index contributed by atoms with van der Waals surface area (Å²) in [5, 5.41) is 9.20. The summed E-state index contributed by atoms with van der Waals surface area (Å²) >= 11 is 0. The molecule has 0 aromatic carbocycles. The topological polar surface area (TPSA) is 40.5 Å². The van der Waals surface area contributed by atoms with Crippen molar-refractivity contribution in [3.63, 3.8) is 0 Å². The quantitative estimate of drug-likeness (QED) is 0.749. The zero-order valence-corrected chi connectivity index (χ0v) is 8.83. The summed E-state index contributed by atoms with van der Waals surface area (Å²) in [6.45, 7) is 4.08. The normalized spacial score (nSPS) is 31.4. The lowest BCUT2D eigenvalue weighted by Gasteiger charge is -2.41. The first-order valence-electron chi connectivity index (χ1n) is 5.61. The largest absolute Gasteiger partial charge is 0.481 e. The van der Waals surface area contributed by atoms with Crippen molar-refractivity contribution in [3.8, 4) is 0 Å². The van der Waals surface area contributed by atoms with Gasteiger partial charge in [0, 0.05) is 12.6 Å².